The summed E-state index contributed by atoms with van der Waals surface area (Å²) in [5, 5.41) is 11.6. The van der Waals surface area contributed by atoms with Crippen LogP contribution in [-0.2, 0) is 6.54 Å². The molecule has 2 aromatic carbocycles. The lowest BCUT2D eigenvalue weighted by atomic mass is 9.98. The van der Waals surface area contributed by atoms with Gasteiger partial charge < -0.3 is 9.52 Å². The molecule has 146 valence electrons. The molecule has 1 aliphatic rings. The Bertz CT molecular complexity index is 1060. The van der Waals surface area contributed by atoms with E-state index in [0.717, 1.165) is 37.4 Å². The molecule has 0 radical (unpaired) electrons. The van der Waals surface area contributed by atoms with Crippen molar-refractivity contribution in [3.8, 4) is 16.9 Å². The number of phenols is 1. The summed E-state index contributed by atoms with van der Waals surface area (Å²) in [6.45, 7) is 6.62. The largest absolute Gasteiger partial charge is 0.507 e. The second-order valence-electron chi connectivity index (χ2n) is 7.77. The van der Waals surface area contributed by atoms with Gasteiger partial charge in [-0.2, -0.15) is 0 Å². The van der Waals surface area contributed by atoms with Crippen molar-refractivity contribution >= 4 is 22.6 Å². The SMILES string of the molecule is Cc1oc2c(CN3CCC(C)CC3)c(O)ccc2c(=O)c1-c1ccc(Cl)cc1. The fourth-order valence-electron chi connectivity index (χ4n) is 3.96. The van der Waals surface area contributed by atoms with Crippen molar-refractivity contribution in [2.75, 3.05) is 13.1 Å². The van der Waals surface area contributed by atoms with Crippen LogP contribution in [0.25, 0.3) is 22.1 Å². The number of fused-ring (bicyclic) bond motifs is 1. The van der Waals surface area contributed by atoms with E-state index in [4.69, 9.17) is 16.0 Å². The van der Waals surface area contributed by atoms with Gasteiger partial charge in [-0.05, 0) is 68.6 Å². The van der Waals surface area contributed by atoms with Crippen molar-refractivity contribution in [1.82, 2.24) is 4.90 Å². The van der Waals surface area contributed by atoms with E-state index in [2.05, 4.69) is 11.8 Å². The molecule has 1 saturated heterocycles. The molecular formula is C23H24ClNO3. The number of nitrogens with zero attached hydrogens (tertiary/aromatic N) is 1. The highest BCUT2D eigenvalue weighted by Gasteiger charge is 2.21. The normalized spacial score (nSPS) is 16.0. The predicted octanol–water partition coefficient (Wildman–Crippen LogP) is 5.36. The van der Waals surface area contributed by atoms with Gasteiger partial charge in [0.1, 0.15) is 17.1 Å². The first kappa shape index (κ1) is 19.0. The third kappa shape index (κ3) is 3.54. The minimum atomic E-state index is -0.0883. The monoisotopic (exact) mass is 397 g/mol. The molecule has 0 atom stereocenters. The average molecular weight is 398 g/mol. The van der Waals surface area contributed by atoms with Crippen molar-refractivity contribution < 1.29 is 9.52 Å². The molecule has 5 heteroatoms. The van der Waals surface area contributed by atoms with Gasteiger partial charge in [0.25, 0.3) is 0 Å². The minimum Gasteiger partial charge on any atom is -0.507 e. The fourth-order valence-corrected chi connectivity index (χ4v) is 4.08. The van der Waals surface area contributed by atoms with Crippen LogP contribution in [0.4, 0.5) is 0 Å². The smallest absolute Gasteiger partial charge is 0.200 e. The molecule has 0 unspecified atom stereocenters. The summed E-state index contributed by atoms with van der Waals surface area (Å²) < 4.78 is 6.11. The second kappa shape index (κ2) is 7.61. The number of aryl methyl sites for hydroxylation is 1. The number of aromatic hydroxyl groups is 1. The summed E-state index contributed by atoms with van der Waals surface area (Å²) in [5.74, 6) is 1.45. The van der Waals surface area contributed by atoms with E-state index >= 15 is 0 Å². The van der Waals surface area contributed by atoms with Gasteiger partial charge in [0.15, 0.2) is 0 Å². The van der Waals surface area contributed by atoms with Gasteiger partial charge in [-0.25, -0.2) is 0 Å². The van der Waals surface area contributed by atoms with Gasteiger partial charge in [-0.1, -0.05) is 30.7 Å². The number of likely N-dealkylation sites (tertiary alicyclic amines) is 1. The molecule has 0 amide bonds. The van der Waals surface area contributed by atoms with Crippen molar-refractivity contribution in [2.24, 2.45) is 5.92 Å². The summed E-state index contributed by atoms with van der Waals surface area (Å²) >= 11 is 5.98. The Labute approximate surface area is 169 Å². The maximum Gasteiger partial charge on any atom is 0.200 e. The van der Waals surface area contributed by atoms with Gasteiger partial charge in [0, 0.05) is 11.6 Å². The van der Waals surface area contributed by atoms with E-state index < -0.39 is 0 Å². The zero-order chi connectivity index (χ0) is 19.8. The van der Waals surface area contributed by atoms with Crippen LogP contribution in [0.3, 0.4) is 0 Å². The first-order chi connectivity index (χ1) is 13.4. The van der Waals surface area contributed by atoms with E-state index in [-0.39, 0.29) is 11.2 Å². The van der Waals surface area contributed by atoms with Crippen LogP contribution in [0.5, 0.6) is 5.75 Å². The molecule has 0 bridgehead atoms. The zero-order valence-corrected chi connectivity index (χ0v) is 16.9. The predicted molar refractivity (Wildman–Crippen MR) is 113 cm³/mol. The minimum absolute atomic E-state index is 0.0883. The van der Waals surface area contributed by atoms with E-state index in [1.54, 1.807) is 31.2 Å². The summed E-state index contributed by atoms with van der Waals surface area (Å²) in [6.07, 6.45) is 2.30. The zero-order valence-electron chi connectivity index (χ0n) is 16.2. The number of halogens is 1. The lowest BCUT2D eigenvalue weighted by Crippen LogP contribution is -2.32. The van der Waals surface area contributed by atoms with Gasteiger partial charge >= 0.3 is 0 Å². The van der Waals surface area contributed by atoms with Gasteiger partial charge in [0.05, 0.1) is 16.5 Å². The van der Waals surface area contributed by atoms with Crippen LogP contribution >= 0.6 is 11.6 Å². The first-order valence-electron chi connectivity index (χ1n) is 9.70. The Morgan fingerprint density at radius 1 is 1.14 bits per heavy atom. The van der Waals surface area contributed by atoms with Crippen molar-refractivity contribution in [1.29, 1.82) is 0 Å². The van der Waals surface area contributed by atoms with Crippen molar-refractivity contribution in [2.45, 2.75) is 33.2 Å². The van der Waals surface area contributed by atoms with Crippen LogP contribution in [-0.4, -0.2) is 23.1 Å². The summed E-state index contributed by atoms with van der Waals surface area (Å²) in [5.41, 5.74) is 2.40. The third-order valence-corrected chi connectivity index (χ3v) is 5.96. The molecule has 0 saturated carbocycles. The topological polar surface area (TPSA) is 53.7 Å². The van der Waals surface area contributed by atoms with Gasteiger partial charge in [0.2, 0.25) is 5.43 Å². The summed E-state index contributed by atoms with van der Waals surface area (Å²) in [7, 11) is 0. The molecule has 1 aromatic heterocycles. The molecule has 0 aliphatic carbocycles. The Kier molecular flexibility index (Phi) is 5.17. The maximum atomic E-state index is 13.2. The molecule has 4 rings (SSSR count). The lowest BCUT2D eigenvalue weighted by Gasteiger charge is -2.30. The van der Waals surface area contributed by atoms with Crippen LogP contribution in [0.15, 0.2) is 45.6 Å². The Morgan fingerprint density at radius 3 is 2.50 bits per heavy atom. The maximum absolute atomic E-state index is 13.2. The van der Waals surface area contributed by atoms with Crippen LogP contribution in [0.1, 0.15) is 31.1 Å². The van der Waals surface area contributed by atoms with E-state index in [1.165, 1.54) is 0 Å². The number of phenolic OH excluding ortho intramolecular Hbond substituents is 1. The summed E-state index contributed by atoms with van der Waals surface area (Å²) in [4.78, 5) is 15.6. The molecule has 1 aliphatic heterocycles. The molecule has 3 aromatic rings. The van der Waals surface area contributed by atoms with Crippen LogP contribution < -0.4 is 5.43 Å². The van der Waals surface area contributed by atoms with Crippen LogP contribution in [0.2, 0.25) is 5.02 Å². The highest BCUT2D eigenvalue weighted by molar-refractivity contribution is 6.30. The van der Waals surface area contributed by atoms with Crippen molar-refractivity contribution in [3.05, 3.63) is 63.0 Å². The molecule has 4 nitrogen and oxygen atoms in total. The number of hydrogen-bond donors (Lipinski definition) is 1. The Hall–Kier alpha value is -2.30. The first-order valence-corrected chi connectivity index (χ1v) is 10.1. The highest BCUT2D eigenvalue weighted by atomic mass is 35.5. The van der Waals surface area contributed by atoms with Gasteiger partial charge in [-0.15, -0.1) is 0 Å². The lowest BCUT2D eigenvalue weighted by molar-refractivity contribution is 0.183. The number of rotatable bonds is 3. The molecule has 2 heterocycles. The average Bonchev–Trinajstić information content (AvgIpc) is 2.67. The Balaban J connectivity index is 1.81. The van der Waals surface area contributed by atoms with Crippen LogP contribution in [0, 0.1) is 12.8 Å². The molecular weight excluding hydrogens is 374 g/mol. The van der Waals surface area contributed by atoms with E-state index in [1.807, 2.05) is 12.1 Å². The number of piperidine rings is 1. The molecule has 1 fully saturated rings. The molecule has 28 heavy (non-hydrogen) atoms. The fraction of sp³-hybridized carbons (Fsp3) is 0.348. The molecule has 0 spiro atoms. The highest BCUT2D eigenvalue weighted by Crippen LogP contribution is 2.32. The molecule has 1 N–H and O–H groups in total. The number of benzene rings is 2. The van der Waals surface area contributed by atoms with Gasteiger partial charge in [-0.3, -0.25) is 9.69 Å². The number of hydrogen-bond acceptors (Lipinski definition) is 4. The van der Waals surface area contributed by atoms with Crippen molar-refractivity contribution in [3.63, 3.8) is 0 Å². The third-order valence-electron chi connectivity index (χ3n) is 5.71. The quantitative estimate of drug-likeness (QED) is 0.646. The summed E-state index contributed by atoms with van der Waals surface area (Å²) in [6, 6.07) is 10.4. The van der Waals surface area contributed by atoms with E-state index in [9.17, 15) is 9.90 Å². The van der Waals surface area contributed by atoms with E-state index in [0.29, 0.717) is 39.4 Å². The second-order valence-corrected chi connectivity index (χ2v) is 8.20. The Morgan fingerprint density at radius 2 is 1.82 bits per heavy atom. The standard InChI is InChI=1S/C23H24ClNO3/c1-14-9-11-25(12-10-14)13-19-20(26)8-7-18-22(27)21(15(2)28-23(18)19)16-3-5-17(24)6-4-16/h3-8,14,26H,9-13H2,1-2H3.